The van der Waals surface area contributed by atoms with E-state index in [0.717, 1.165) is 16.6 Å². The van der Waals surface area contributed by atoms with Gasteiger partial charge in [-0.2, -0.15) is 18.3 Å². The van der Waals surface area contributed by atoms with E-state index in [4.69, 9.17) is 0 Å². The van der Waals surface area contributed by atoms with Gasteiger partial charge in [-0.05, 0) is 37.1 Å². The van der Waals surface area contributed by atoms with Crippen LogP contribution in [0.15, 0.2) is 37.8 Å². The van der Waals surface area contributed by atoms with Crippen LogP contribution in [0.25, 0.3) is 0 Å². The number of thioether (sulfide) groups is 1. The highest BCUT2D eigenvalue weighted by Crippen LogP contribution is 2.35. The van der Waals surface area contributed by atoms with Crippen molar-refractivity contribution in [2.24, 2.45) is 15.2 Å². The fourth-order valence-corrected chi connectivity index (χ4v) is 3.32. The van der Waals surface area contributed by atoms with Crippen LogP contribution in [0, 0.1) is 13.8 Å². The zero-order valence-corrected chi connectivity index (χ0v) is 13.6. The number of hydrogen-bond acceptors (Lipinski definition) is 7. The summed E-state index contributed by atoms with van der Waals surface area (Å²) in [7, 11) is 0. The van der Waals surface area contributed by atoms with E-state index in [2.05, 4.69) is 25.2 Å². The van der Waals surface area contributed by atoms with Crippen LogP contribution in [-0.2, 0) is 6.18 Å². The van der Waals surface area contributed by atoms with Crippen molar-refractivity contribution in [3.05, 3.63) is 39.5 Å². The molecule has 0 aliphatic carbocycles. The predicted octanol–water partition coefficient (Wildman–Crippen LogP) is 4.79. The fraction of sp³-hybridized carbons (Fsp3) is 0.308. The van der Waals surface area contributed by atoms with E-state index in [9.17, 15) is 13.2 Å². The molecule has 2 aromatic rings. The van der Waals surface area contributed by atoms with Gasteiger partial charge in [-0.15, -0.1) is 16.5 Å². The van der Waals surface area contributed by atoms with Crippen LogP contribution in [-0.4, -0.2) is 15.1 Å². The topological polar surface area (TPSA) is 62.9 Å². The first-order valence-electron chi connectivity index (χ1n) is 6.47. The number of rotatable bonds is 2. The molecule has 0 radical (unpaired) electrons. The van der Waals surface area contributed by atoms with E-state index in [1.54, 1.807) is 6.92 Å². The molecule has 0 N–H and O–H groups in total. The van der Waals surface area contributed by atoms with Gasteiger partial charge >= 0.3 is 6.18 Å². The molecule has 2 aromatic heterocycles. The van der Waals surface area contributed by atoms with E-state index < -0.39 is 18.2 Å². The number of aryl methyl sites for hydroxylation is 1. The molecule has 0 fully saturated rings. The molecule has 10 heteroatoms. The maximum Gasteiger partial charge on any atom is 0.451 e. The van der Waals surface area contributed by atoms with Crippen molar-refractivity contribution in [1.82, 2.24) is 9.97 Å². The molecule has 1 unspecified atom stereocenters. The summed E-state index contributed by atoms with van der Waals surface area (Å²) in [5, 5.41) is 10.3. The number of amidine groups is 1. The van der Waals surface area contributed by atoms with Crippen molar-refractivity contribution in [2.45, 2.75) is 31.2 Å². The van der Waals surface area contributed by atoms with Crippen LogP contribution in [0.4, 0.5) is 13.2 Å². The van der Waals surface area contributed by atoms with E-state index in [-0.39, 0.29) is 15.9 Å². The number of alkyl halides is 3. The quantitative estimate of drug-likeness (QED) is 0.726. The second-order valence-corrected chi connectivity index (χ2v) is 6.61. The van der Waals surface area contributed by atoms with Crippen LogP contribution in [0.5, 0.6) is 0 Å². The van der Waals surface area contributed by atoms with Gasteiger partial charge in [0.15, 0.2) is 6.17 Å². The Morgan fingerprint density at radius 2 is 2.00 bits per heavy atom. The number of hydrogen-bond donors (Lipinski definition) is 0. The van der Waals surface area contributed by atoms with Gasteiger partial charge in [0.25, 0.3) is 0 Å². The van der Waals surface area contributed by atoms with Crippen molar-refractivity contribution in [3.63, 3.8) is 0 Å². The van der Waals surface area contributed by atoms with Gasteiger partial charge in [-0.3, -0.25) is 0 Å². The summed E-state index contributed by atoms with van der Waals surface area (Å²) in [6, 6.07) is 3.76. The third kappa shape index (κ3) is 3.42. The van der Waals surface area contributed by atoms with Gasteiger partial charge in [0, 0.05) is 11.3 Å². The Labute approximate surface area is 137 Å². The van der Waals surface area contributed by atoms with Crippen LogP contribution in [0.1, 0.15) is 28.1 Å². The number of azo groups is 1. The monoisotopic (exact) mass is 357 g/mol. The van der Waals surface area contributed by atoms with Gasteiger partial charge in [0.05, 0.1) is 4.88 Å². The molecule has 0 amide bonds. The van der Waals surface area contributed by atoms with Gasteiger partial charge in [-0.1, -0.05) is 6.07 Å². The second-order valence-electron chi connectivity index (χ2n) is 4.68. The van der Waals surface area contributed by atoms with Crippen molar-refractivity contribution >= 4 is 28.3 Å². The number of aliphatic imine (C=N–C) groups is 1. The maximum atomic E-state index is 12.8. The Kier molecular flexibility index (Phi) is 4.19. The highest BCUT2D eigenvalue weighted by atomic mass is 32.2. The molecule has 1 aliphatic heterocycles. The Morgan fingerprint density at radius 1 is 1.22 bits per heavy atom. The minimum atomic E-state index is -4.59. The molecule has 1 aliphatic rings. The molecule has 0 aromatic carbocycles. The Bertz CT molecular complexity index is 784. The zero-order valence-electron chi connectivity index (χ0n) is 12.0. The van der Waals surface area contributed by atoms with Crippen molar-refractivity contribution < 1.29 is 13.2 Å². The van der Waals surface area contributed by atoms with Crippen molar-refractivity contribution in [3.8, 4) is 0 Å². The molecular formula is C13H10F3N5S2. The van der Waals surface area contributed by atoms with Crippen molar-refractivity contribution in [1.29, 1.82) is 0 Å². The summed E-state index contributed by atoms with van der Waals surface area (Å²) < 4.78 is 38.5. The molecule has 1 atom stereocenters. The van der Waals surface area contributed by atoms with Gasteiger partial charge in [0.2, 0.25) is 11.0 Å². The molecule has 0 spiro atoms. The number of aromatic nitrogens is 2. The van der Waals surface area contributed by atoms with Crippen molar-refractivity contribution in [2.75, 3.05) is 0 Å². The largest absolute Gasteiger partial charge is 0.451 e. The SMILES string of the molecule is Cc1nc(C(F)(F)F)nc(SC2=NC(c3cccs3)N=N2)c1C. The average Bonchev–Trinajstić information content (AvgIpc) is 3.13. The Hall–Kier alpha value is -1.81. The first kappa shape index (κ1) is 16.1. The maximum absolute atomic E-state index is 12.8. The summed E-state index contributed by atoms with van der Waals surface area (Å²) in [5.74, 6) is -1.16. The lowest BCUT2D eigenvalue weighted by atomic mass is 10.3. The van der Waals surface area contributed by atoms with Crippen LogP contribution in [0.2, 0.25) is 0 Å². The normalized spacial score (nSPS) is 17.6. The van der Waals surface area contributed by atoms with E-state index >= 15 is 0 Å². The summed E-state index contributed by atoms with van der Waals surface area (Å²) in [6.07, 6.45) is -5.02. The Morgan fingerprint density at radius 3 is 2.65 bits per heavy atom. The number of halogens is 3. The van der Waals surface area contributed by atoms with Gasteiger partial charge in [0.1, 0.15) is 5.03 Å². The third-order valence-corrected chi connectivity index (χ3v) is 4.94. The molecule has 120 valence electrons. The molecular weight excluding hydrogens is 347 g/mol. The standard InChI is InChI=1S/C13H10F3N5S2/c1-6-7(2)17-11(13(14,15)16)19-10(6)23-12-18-9(20-21-12)8-4-3-5-22-8/h3-5,9H,1-2H3. The molecule has 3 heterocycles. The second kappa shape index (κ2) is 6.00. The summed E-state index contributed by atoms with van der Waals surface area (Å²) in [4.78, 5) is 12.3. The molecule has 0 bridgehead atoms. The lowest BCUT2D eigenvalue weighted by molar-refractivity contribution is -0.145. The van der Waals surface area contributed by atoms with Gasteiger partial charge in [-0.25, -0.2) is 15.0 Å². The fourth-order valence-electron chi connectivity index (χ4n) is 1.78. The summed E-state index contributed by atoms with van der Waals surface area (Å²) in [5.41, 5.74) is 0.848. The number of thiophene rings is 1. The molecule has 0 saturated heterocycles. The number of nitrogens with zero attached hydrogens (tertiary/aromatic N) is 5. The first-order chi connectivity index (χ1) is 10.8. The van der Waals surface area contributed by atoms with E-state index in [1.165, 1.54) is 18.3 Å². The van der Waals surface area contributed by atoms with Crippen LogP contribution < -0.4 is 0 Å². The average molecular weight is 357 g/mol. The molecule has 5 nitrogen and oxygen atoms in total. The zero-order chi connectivity index (χ0) is 16.6. The highest BCUT2D eigenvalue weighted by Gasteiger charge is 2.36. The predicted molar refractivity (Wildman–Crippen MR) is 81.7 cm³/mol. The Balaban J connectivity index is 1.88. The minimum absolute atomic E-state index is 0.189. The van der Waals surface area contributed by atoms with E-state index in [1.807, 2.05) is 17.5 Å². The van der Waals surface area contributed by atoms with Crippen LogP contribution in [0.3, 0.4) is 0 Å². The summed E-state index contributed by atoms with van der Waals surface area (Å²) >= 11 is 2.46. The molecule has 0 saturated carbocycles. The lowest BCUT2D eigenvalue weighted by Crippen LogP contribution is -2.13. The summed E-state index contributed by atoms with van der Waals surface area (Å²) in [6.45, 7) is 3.18. The third-order valence-electron chi connectivity index (χ3n) is 3.07. The van der Waals surface area contributed by atoms with Crippen LogP contribution >= 0.6 is 23.1 Å². The first-order valence-corrected chi connectivity index (χ1v) is 8.16. The molecule has 3 rings (SSSR count). The molecule has 23 heavy (non-hydrogen) atoms. The highest BCUT2D eigenvalue weighted by molar-refractivity contribution is 8.13. The van der Waals surface area contributed by atoms with Gasteiger partial charge < -0.3 is 0 Å². The smallest absolute Gasteiger partial charge is 0.229 e. The lowest BCUT2D eigenvalue weighted by Gasteiger charge is -2.10. The minimum Gasteiger partial charge on any atom is -0.229 e. The van der Waals surface area contributed by atoms with E-state index in [0.29, 0.717) is 5.56 Å².